The number of thiocarbonyl (C=S) groups is 2. The molecule has 0 amide bonds. The highest BCUT2D eigenvalue weighted by Crippen LogP contribution is 2.27. The third-order valence-corrected chi connectivity index (χ3v) is 8.53. The van der Waals surface area contributed by atoms with Gasteiger partial charge in [-0.3, -0.25) is 10.9 Å². The fourth-order valence-corrected chi connectivity index (χ4v) is 5.37. The number of hydrogen-bond acceptors (Lipinski definition) is 10. The largest absolute Gasteiger partial charge is 0.493 e. The third kappa shape index (κ3) is 13.1. The van der Waals surface area contributed by atoms with Gasteiger partial charge in [-0.1, -0.05) is 109 Å². The lowest BCUT2D eigenvalue weighted by molar-refractivity contribution is 0.355. The number of thioether (sulfide) groups is 2. The van der Waals surface area contributed by atoms with Gasteiger partial charge in [-0.2, -0.15) is 10.2 Å². The molecule has 46 heavy (non-hydrogen) atoms. The molecule has 0 saturated carbocycles. The number of ether oxygens (including phenoxy) is 4. The molecule has 240 valence electrons. The highest BCUT2D eigenvalue weighted by atomic mass is 32.2. The quantitative estimate of drug-likeness (QED) is 0.0876. The summed E-state index contributed by atoms with van der Waals surface area (Å²) >= 11 is 13.6. The fourth-order valence-electron chi connectivity index (χ4n) is 3.70. The standard InChI is InChI=1S/2C17H18N2O2S2/c2*1-20-15-9-8-14(10-16(15)21-2)11-18-19-17(22)23-12-13-6-4-3-5-7-13/h2*3-11H,12H2,1-2H3,(H,19,22)/b2*18-11+. The summed E-state index contributed by atoms with van der Waals surface area (Å²) < 4.78 is 22.2. The molecule has 0 aliphatic heterocycles. The van der Waals surface area contributed by atoms with Gasteiger partial charge in [0.1, 0.15) is 0 Å². The minimum Gasteiger partial charge on any atom is -0.493 e. The zero-order valence-corrected chi connectivity index (χ0v) is 29.2. The summed E-state index contributed by atoms with van der Waals surface area (Å²) in [6.45, 7) is 0. The van der Waals surface area contributed by atoms with Crippen LogP contribution >= 0.6 is 48.0 Å². The van der Waals surface area contributed by atoms with Crippen molar-refractivity contribution in [2.24, 2.45) is 10.2 Å². The van der Waals surface area contributed by atoms with Gasteiger partial charge in [-0.25, -0.2) is 0 Å². The molecule has 0 radical (unpaired) electrons. The van der Waals surface area contributed by atoms with Gasteiger partial charge in [-0.15, -0.1) is 0 Å². The Balaban J connectivity index is 0.000000250. The summed E-state index contributed by atoms with van der Waals surface area (Å²) in [5.41, 5.74) is 9.96. The zero-order chi connectivity index (χ0) is 33.0. The molecule has 0 aliphatic carbocycles. The van der Waals surface area contributed by atoms with E-state index in [0.29, 0.717) is 31.6 Å². The SMILES string of the molecule is COc1ccc(/C=N/NC(=S)SCc2ccccc2)cc1OC.COc1ccc(/C=N/NC(=S)SCc2ccccc2)cc1OC. The number of rotatable bonds is 12. The first kappa shape index (κ1) is 36.4. The molecule has 0 aliphatic rings. The van der Waals surface area contributed by atoms with Crippen molar-refractivity contribution < 1.29 is 18.9 Å². The zero-order valence-electron chi connectivity index (χ0n) is 26.0. The van der Waals surface area contributed by atoms with E-state index in [4.69, 9.17) is 43.4 Å². The molecule has 0 saturated heterocycles. The topological polar surface area (TPSA) is 85.7 Å². The van der Waals surface area contributed by atoms with Crippen LogP contribution in [0.5, 0.6) is 23.0 Å². The average molecular weight is 693 g/mol. The van der Waals surface area contributed by atoms with Gasteiger partial charge < -0.3 is 18.9 Å². The monoisotopic (exact) mass is 692 g/mol. The molecule has 0 unspecified atom stereocenters. The highest BCUT2D eigenvalue weighted by Gasteiger charge is 2.04. The molecule has 0 fully saturated rings. The lowest BCUT2D eigenvalue weighted by atomic mass is 10.2. The van der Waals surface area contributed by atoms with Crippen LogP contribution in [0, 0.1) is 0 Å². The van der Waals surface area contributed by atoms with E-state index >= 15 is 0 Å². The van der Waals surface area contributed by atoms with Gasteiger partial charge in [0, 0.05) is 11.5 Å². The number of methoxy groups -OCH3 is 4. The highest BCUT2D eigenvalue weighted by molar-refractivity contribution is 8.22. The molecule has 0 aromatic heterocycles. The second kappa shape index (κ2) is 20.8. The van der Waals surface area contributed by atoms with Crippen LogP contribution in [-0.2, 0) is 11.5 Å². The summed E-state index contributed by atoms with van der Waals surface area (Å²) in [5.74, 6) is 4.34. The van der Waals surface area contributed by atoms with Crippen LogP contribution in [0.15, 0.2) is 107 Å². The van der Waals surface area contributed by atoms with E-state index in [-0.39, 0.29) is 0 Å². The van der Waals surface area contributed by atoms with E-state index in [2.05, 4.69) is 45.3 Å². The van der Waals surface area contributed by atoms with Crippen molar-refractivity contribution in [2.45, 2.75) is 11.5 Å². The van der Waals surface area contributed by atoms with Crippen LogP contribution in [0.1, 0.15) is 22.3 Å². The molecule has 0 atom stereocenters. The Bertz CT molecular complexity index is 1470. The molecule has 0 bridgehead atoms. The first-order valence-electron chi connectivity index (χ1n) is 13.9. The van der Waals surface area contributed by atoms with Crippen molar-refractivity contribution in [3.8, 4) is 23.0 Å². The van der Waals surface area contributed by atoms with E-state index < -0.39 is 0 Å². The molecule has 12 heteroatoms. The average Bonchev–Trinajstić information content (AvgIpc) is 3.10. The van der Waals surface area contributed by atoms with Gasteiger partial charge in [0.2, 0.25) is 0 Å². The summed E-state index contributed by atoms with van der Waals surface area (Å²) in [6, 6.07) is 31.5. The summed E-state index contributed by atoms with van der Waals surface area (Å²) in [7, 11) is 6.42. The van der Waals surface area contributed by atoms with Crippen molar-refractivity contribution in [2.75, 3.05) is 28.4 Å². The van der Waals surface area contributed by atoms with Crippen molar-refractivity contribution in [1.82, 2.24) is 10.9 Å². The summed E-state index contributed by atoms with van der Waals surface area (Å²) in [4.78, 5) is 0. The number of nitrogens with one attached hydrogen (secondary N) is 2. The van der Waals surface area contributed by atoms with Crippen LogP contribution in [0.3, 0.4) is 0 Å². The predicted octanol–water partition coefficient (Wildman–Crippen LogP) is 7.69. The van der Waals surface area contributed by atoms with E-state index in [9.17, 15) is 0 Å². The Labute approximate surface area is 290 Å². The van der Waals surface area contributed by atoms with Gasteiger partial charge in [0.05, 0.1) is 40.9 Å². The third-order valence-electron chi connectivity index (χ3n) is 5.98. The van der Waals surface area contributed by atoms with Gasteiger partial charge in [0.15, 0.2) is 31.6 Å². The second-order valence-electron chi connectivity index (χ2n) is 9.09. The molecule has 0 spiro atoms. The van der Waals surface area contributed by atoms with Crippen LogP contribution in [0.4, 0.5) is 0 Å². The first-order valence-corrected chi connectivity index (χ1v) is 16.7. The van der Waals surface area contributed by atoms with Crippen molar-refractivity contribution in [3.05, 3.63) is 119 Å². The number of benzene rings is 4. The normalized spacial score (nSPS) is 10.5. The minimum absolute atomic E-state index is 0.630. The Morgan fingerprint density at radius 2 is 0.935 bits per heavy atom. The Kier molecular flexibility index (Phi) is 16.5. The number of hydrazone groups is 2. The molecule has 2 N–H and O–H groups in total. The van der Waals surface area contributed by atoms with Crippen LogP contribution in [0.25, 0.3) is 0 Å². The first-order chi connectivity index (χ1) is 22.4. The molecular formula is C34H36N4O4S4. The van der Waals surface area contributed by atoms with Crippen LogP contribution in [0.2, 0.25) is 0 Å². The summed E-state index contributed by atoms with van der Waals surface area (Å²) in [5, 5.41) is 8.30. The van der Waals surface area contributed by atoms with Gasteiger partial charge >= 0.3 is 0 Å². The molecule has 4 rings (SSSR count). The molecule has 0 heterocycles. The maximum atomic E-state index is 5.25. The van der Waals surface area contributed by atoms with E-state index in [1.165, 1.54) is 11.1 Å². The smallest absolute Gasteiger partial charge is 0.161 e. The second-order valence-corrected chi connectivity index (χ2v) is 12.4. The summed E-state index contributed by atoms with van der Waals surface area (Å²) in [6.07, 6.45) is 3.38. The van der Waals surface area contributed by atoms with Crippen molar-refractivity contribution in [1.29, 1.82) is 0 Å². The van der Waals surface area contributed by atoms with E-state index in [1.54, 1.807) is 64.4 Å². The minimum atomic E-state index is 0.630. The lowest BCUT2D eigenvalue weighted by Gasteiger charge is -2.07. The van der Waals surface area contributed by atoms with Crippen molar-refractivity contribution in [3.63, 3.8) is 0 Å². The number of hydrogen-bond donors (Lipinski definition) is 2. The Morgan fingerprint density at radius 1 is 0.565 bits per heavy atom. The Morgan fingerprint density at radius 3 is 1.28 bits per heavy atom. The van der Waals surface area contributed by atoms with E-state index in [1.807, 2.05) is 72.8 Å². The Hall–Kier alpha value is -4.10. The maximum absolute atomic E-state index is 5.25. The molecule has 4 aromatic rings. The van der Waals surface area contributed by atoms with Gasteiger partial charge in [-0.05, 0) is 58.7 Å². The molecule has 8 nitrogen and oxygen atoms in total. The van der Waals surface area contributed by atoms with E-state index in [0.717, 1.165) is 22.6 Å². The fraction of sp³-hybridized carbons (Fsp3) is 0.176. The lowest BCUT2D eigenvalue weighted by Crippen LogP contribution is -2.11. The molecule has 4 aromatic carbocycles. The van der Waals surface area contributed by atoms with Gasteiger partial charge in [0.25, 0.3) is 0 Å². The van der Waals surface area contributed by atoms with Crippen LogP contribution in [-0.4, -0.2) is 49.5 Å². The maximum Gasteiger partial charge on any atom is 0.161 e. The predicted molar refractivity (Wildman–Crippen MR) is 201 cm³/mol. The van der Waals surface area contributed by atoms with Crippen molar-refractivity contribution >= 4 is 69.0 Å². The van der Waals surface area contributed by atoms with Crippen LogP contribution < -0.4 is 29.8 Å². The molecular weight excluding hydrogens is 657 g/mol. The number of nitrogens with zero attached hydrogens (tertiary/aromatic N) is 2.